The van der Waals surface area contributed by atoms with Crippen molar-refractivity contribution in [2.75, 3.05) is 13.7 Å². The van der Waals surface area contributed by atoms with E-state index in [0.717, 1.165) is 0 Å². The Morgan fingerprint density at radius 1 is 1.23 bits per heavy atom. The van der Waals surface area contributed by atoms with Crippen LogP contribution in [-0.4, -0.2) is 37.3 Å². The number of hydrogen-bond acceptors (Lipinski definition) is 4. The van der Waals surface area contributed by atoms with E-state index >= 15 is 0 Å². The van der Waals surface area contributed by atoms with Gasteiger partial charge in [0.15, 0.2) is 0 Å². The second-order valence-electron chi connectivity index (χ2n) is 6.24. The van der Waals surface area contributed by atoms with Gasteiger partial charge in [-0.2, -0.15) is 13.2 Å². The predicted octanol–water partition coefficient (Wildman–Crippen LogP) is 3.75. The summed E-state index contributed by atoms with van der Waals surface area (Å²) in [6, 6.07) is 4.56. The number of methoxy groups -OCH3 is 1. The fourth-order valence-electron chi connectivity index (χ4n) is 1.81. The highest BCUT2D eigenvalue weighted by Gasteiger charge is 2.38. The molecule has 0 aromatic heterocycles. The lowest BCUT2D eigenvalue weighted by molar-refractivity contribution is -0.173. The molecule has 26 heavy (non-hydrogen) atoms. The number of carbonyl (C=O) groups is 2. The standard InChI is InChI=1S/C17H19ClF3NO4/c1-16(2,3)26-14(23)11(9-22-15(24)17(19,20)21)7-10-8-12(18)5-6-13(10)25-4/h5-8H,9H2,1-4H3,(H,22,24)/b11-7+. The van der Waals surface area contributed by atoms with E-state index in [9.17, 15) is 22.8 Å². The molecule has 0 saturated carbocycles. The molecule has 1 aromatic carbocycles. The number of benzene rings is 1. The average Bonchev–Trinajstić information content (AvgIpc) is 2.48. The Balaban J connectivity index is 3.21. The molecule has 0 aliphatic rings. The molecule has 0 saturated heterocycles. The number of nitrogens with one attached hydrogen (secondary N) is 1. The molecule has 5 nitrogen and oxygen atoms in total. The highest BCUT2D eigenvalue weighted by Crippen LogP contribution is 2.26. The van der Waals surface area contributed by atoms with Crippen molar-refractivity contribution < 1.29 is 32.2 Å². The van der Waals surface area contributed by atoms with Gasteiger partial charge in [0.05, 0.1) is 19.2 Å². The quantitative estimate of drug-likeness (QED) is 0.611. The molecule has 0 aliphatic heterocycles. The number of amides is 1. The van der Waals surface area contributed by atoms with Crippen LogP contribution in [0.25, 0.3) is 6.08 Å². The maximum absolute atomic E-state index is 12.4. The molecule has 0 bridgehead atoms. The van der Waals surface area contributed by atoms with E-state index < -0.39 is 30.2 Å². The number of esters is 1. The van der Waals surface area contributed by atoms with Crippen LogP contribution in [0.1, 0.15) is 26.3 Å². The highest BCUT2D eigenvalue weighted by molar-refractivity contribution is 6.30. The molecule has 1 aromatic rings. The summed E-state index contributed by atoms with van der Waals surface area (Å²) >= 11 is 5.91. The van der Waals surface area contributed by atoms with Gasteiger partial charge in [-0.15, -0.1) is 0 Å². The average molecular weight is 394 g/mol. The molecule has 0 fully saturated rings. The van der Waals surface area contributed by atoms with Crippen LogP contribution in [0, 0.1) is 0 Å². The summed E-state index contributed by atoms with van der Waals surface area (Å²) in [5.74, 6) is -2.69. The van der Waals surface area contributed by atoms with Gasteiger partial charge in [0.1, 0.15) is 11.4 Å². The van der Waals surface area contributed by atoms with Gasteiger partial charge in [-0.25, -0.2) is 4.79 Å². The Bertz CT molecular complexity index is 709. The van der Waals surface area contributed by atoms with Gasteiger partial charge >= 0.3 is 18.1 Å². The number of hydrogen-bond donors (Lipinski definition) is 1. The molecular formula is C17H19ClF3NO4. The van der Waals surface area contributed by atoms with E-state index in [1.165, 1.54) is 25.3 Å². The van der Waals surface area contributed by atoms with Crippen LogP contribution in [0.2, 0.25) is 5.02 Å². The van der Waals surface area contributed by atoms with Crippen molar-refractivity contribution in [3.63, 3.8) is 0 Å². The van der Waals surface area contributed by atoms with E-state index in [2.05, 4.69) is 0 Å². The molecule has 0 atom stereocenters. The SMILES string of the molecule is COc1ccc(Cl)cc1/C=C(\CNC(=O)C(F)(F)F)C(=O)OC(C)(C)C. The molecule has 0 heterocycles. The van der Waals surface area contributed by atoms with Gasteiger partial charge in [-0.05, 0) is 45.0 Å². The zero-order chi connectivity index (χ0) is 20.1. The number of ether oxygens (including phenoxy) is 2. The Kier molecular flexibility index (Phi) is 7.08. The van der Waals surface area contributed by atoms with Crippen molar-refractivity contribution in [2.24, 2.45) is 0 Å². The van der Waals surface area contributed by atoms with Crippen molar-refractivity contribution in [1.82, 2.24) is 5.32 Å². The smallest absolute Gasteiger partial charge is 0.471 e. The van der Waals surface area contributed by atoms with Crippen LogP contribution in [0.15, 0.2) is 23.8 Å². The summed E-state index contributed by atoms with van der Waals surface area (Å²) in [7, 11) is 1.39. The summed E-state index contributed by atoms with van der Waals surface area (Å²) < 4.78 is 47.5. The molecule has 144 valence electrons. The lowest BCUT2D eigenvalue weighted by Gasteiger charge is -2.21. The molecule has 1 N–H and O–H groups in total. The van der Waals surface area contributed by atoms with E-state index in [-0.39, 0.29) is 5.57 Å². The molecule has 1 rings (SSSR count). The Morgan fingerprint density at radius 2 is 1.85 bits per heavy atom. The summed E-state index contributed by atoms with van der Waals surface area (Å²) in [5, 5.41) is 1.99. The molecule has 0 aliphatic carbocycles. The van der Waals surface area contributed by atoms with Crippen molar-refractivity contribution in [3.8, 4) is 5.75 Å². The molecule has 0 unspecified atom stereocenters. The third-order valence-electron chi connectivity index (χ3n) is 2.88. The van der Waals surface area contributed by atoms with Crippen LogP contribution in [0.3, 0.4) is 0 Å². The van der Waals surface area contributed by atoms with Crippen LogP contribution < -0.4 is 10.1 Å². The van der Waals surface area contributed by atoms with Gasteiger partial charge in [0, 0.05) is 10.6 Å². The summed E-state index contributed by atoms with van der Waals surface area (Å²) in [6.07, 6.45) is -3.80. The second kappa shape index (κ2) is 8.44. The van der Waals surface area contributed by atoms with E-state index in [4.69, 9.17) is 21.1 Å². The topological polar surface area (TPSA) is 64.6 Å². The molecule has 0 radical (unpaired) electrons. The van der Waals surface area contributed by atoms with E-state index in [0.29, 0.717) is 16.3 Å². The fraction of sp³-hybridized carbons (Fsp3) is 0.412. The maximum Gasteiger partial charge on any atom is 0.471 e. The first kappa shape index (κ1) is 21.8. The summed E-state index contributed by atoms with van der Waals surface area (Å²) in [5.41, 5.74) is -0.719. The number of halogens is 4. The van der Waals surface area contributed by atoms with Crippen LogP contribution in [0.4, 0.5) is 13.2 Å². The number of alkyl halides is 3. The first-order chi connectivity index (χ1) is 11.8. The van der Waals surface area contributed by atoms with Gasteiger partial charge in [0.25, 0.3) is 0 Å². The van der Waals surface area contributed by atoms with Gasteiger partial charge in [0.2, 0.25) is 0 Å². The first-order valence-electron chi connectivity index (χ1n) is 7.46. The minimum atomic E-state index is -5.06. The van der Waals surface area contributed by atoms with Crippen molar-refractivity contribution in [1.29, 1.82) is 0 Å². The van der Waals surface area contributed by atoms with Crippen molar-refractivity contribution >= 4 is 29.6 Å². The maximum atomic E-state index is 12.4. The third kappa shape index (κ3) is 6.95. The monoisotopic (exact) mass is 393 g/mol. The predicted molar refractivity (Wildman–Crippen MR) is 90.9 cm³/mol. The Morgan fingerprint density at radius 3 is 2.35 bits per heavy atom. The van der Waals surface area contributed by atoms with Gasteiger partial charge in [-0.3, -0.25) is 4.79 Å². The van der Waals surface area contributed by atoms with Crippen LogP contribution in [-0.2, 0) is 14.3 Å². The fourth-order valence-corrected chi connectivity index (χ4v) is 1.99. The van der Waals surface area contributed by atoms with Crippen LogP contribution >= 0.6 is 11.6 Å². The lowest BCUT2D eigenvalue weighted by Crippen LogP contribution is -2.39. The van der Waals surface area contributed by atoms with Crippen LogP contribution in [0.5, 0.6) is 5.75 Å². The molecule has 0 spiro atoms. The lowest BCUT2D eigenvalue weighted by atomic mass is 10.1. The number of rotatable bonds is 5. The summed E-state index contributed by atoms with van der Waals surface area (Å²) in [6.45, 7) is 4.15. The van der Waals surface area contributed by atoms with Crippen molar-refractivity contribution in [2.45, 2.75) is 32.5 Å². The Labute approximate surface area is 154 Å². The molecule has 9 heteroatoms. The normalized spacial score (nSPS) is 12.5. The number of carbonyl (C=O) groups excluding carboxylic acids is 2. The van der Waals surface area contributed by atoms with Gasteiger partial charge < -0.3 is 14.8 Å². The van der Waals surface area contributed by atoms with E-state index in [1.54, 1.807) is 32.2 Å². The minimum Gasteiger partial charge on any atom is -0.496 e. The zero-order valence-electron chi connectivity index (χ0n) is 14.7. The highest BCUT2D eigenvalue weighted by atomic mass is 35.5. The molecule has 1 amide bonds. The molecular weight excluding hydrogens is 375 g/mol. The first-order valence-corrected chi connectivity index (χ1v) is 7.84. The largest absolute Gasteiger partial charge is 0.496 e. The van der Waals surface area contributed by atoms with E-state index in [1.807, 2.05) is 0 Å². The van der Waals surface area contributed by atoms with Crippen molar-refractivity contribution in [3.05, 3.63) is 34.4 Å². The minimum absolute atomic E-state index is 0.196. The summed E-state index contributed by atoms with van der Waals surface area (Å²) in [4.78, 5) is 23.4. The second-order valence-corrected chi connectivity index (χ2v) is 6.67. The zero-order valence-corrected chi connectivity index (χ0v) is 15.4. The third-order valence-corrected chi connectivity index (χ3v) is 3.11. The van der Waals surface area contributed by atoms with Gasteiger partial charge in [-0.1, -0.05) is 11.6 Å². The Hall–Kier alpha value is -2.22.